The SMILES string of the molecule is CCC(C)(CC(C)(C)C(=O)OC1CC(=O)OC1(C)C)C(=O)OC12CC3CC(O)(C1)CC(C(=O)OC1CCCCO1)(C3)C2. The zero-order valence-corrected chi connectivity index (χ0v) is 26.0. The van der Waals surface area contributed by atoms with Crippen molar-refractivity contribution in [3.8, 4) is 0 Å². The van der Waals surface area contributed by atoms with E-state index in [0.29, 0.717) is 51.6 Å². The normalized spacial score (nSPS) is 38.4. The molecular weight excluding hydrogens is 544 g/mol. The van der Waals surface area contributed by atoms with E-state index in [1.165, 1.54) is 0 Å². The molecule has 2 saturated heterocycles. The number of hydrogen-bond donors (Lipinski definition) is 1. The summed E-state index contributed by atoms with van der Waals surface area (Å²) in [4.78, 5) is 52.8. The number of cyclic esters (lactones) is 1. The van der Waals surface area contributed by atoms with Crippen LogP contribution >= 0.6 is 0 Å². The molecule has 7 unspecified atom stereocenters. The third-order valence-electron chi connectivity index (χ3n) is 10.5. The fourth-order valence-corrected chi connectivity index (χ4v) is 8.67. The van der Waals surface area contributed by atoms with Gasteiger partial charge in [0.2, 0.25) is 6.29 Å². The van der Waals surface area contributed by atoms with Crippen molar-refractivity contribution in [2.75, 3.05) is 6.61 Å². The molecule has 0 aromatic rings. The van der Waals surface area contributed by atoms with Crippen LogP contribution in [0.4, 0.5) is 0 Å². The number of rotatable bonds is 9. The third-order valence-corrected chi connectivity index (χ3v) is 10.5. The van der Waals surface area contributed by atoms with Gasteiger partial charge >= 0.3 is 23.9 Å². The first-order chi connectivity index (χ1) is 19.4. The largest absolute Gasteiger partial charge is 0.458 e. The first-order valence-corrected chi connectivity index (χ1v) is 15.6. The predicted molar refractivity (Wildman–Crippen MR) is 149 cm³/mol. The highest BCUT2D eigenvalue weighted by Crippen LogP contribution is 2.65. The summed E-state index contributed by atoms with van der Waals surface area (Å²) in [5.41, 5.74) is -6.02. The Bertz CT molecular complexity index is 1120. The van der Waals surface area contributed by atoms with E-state index in [0.717, 1.165) is 12.8 Å². The molecule has 2 aliphatic heterocycles. The van der Waals surface area contributed by atoms with Gasteiger partial charge in [0.05, 0.1) is 34.9 Å². The molecule has 4 bridgehead atoms. The van der Waals surface area contributed by atoms with Crippen LogP contribution < -0.4 is 0 Å². The molecule has 7 atom stereocenters. The minimum Gasteiger partial charge on any atom is -0.458 e. The Labute approximate surface area is 248 Å². The first-order valence-electron chi connectivity index (χ1n) is 15.6. The molecule has 10 nitrogen and oxygen atoms in total. The number of carbonyl (C=O) groups excluding carboxylic acids is 4. The standard InChI is InChI=1S/C32H48O10/c1-7-29(6,16-27(2,3)24(34)39-21-12-22(33)41-28(21,4)5)25(35)42-32-15-20-13-30(18-32,17-31(37,14-20)19-32)26(36)40-23-10-8-9-11-38-23/h20-21,23,37H,7-19H2,1-6H3. The molecule has 1 N–H and O–H groups in total. The smallest absolute Gasteiger partial charge is 0.314 e. The lowest BCUT2D eigenvalue weighted by Gasteiger charge is -2.63. The Morgan fingerprint density at radius 1 is 1.00 bits per heavy atom. The van der Waals surface area contributed by atoms with E-state index < -0.39 is 63.4 Å². The molecule has 2 heterocycles. The Morgan fingerprint density at radius 2 is 1.74 bits per heavy atom. The summed E-state index contributed by atoms with van der Waals surface area (Å²) in [5.74, 6) is -1.70. The average Bonchev–Trinajstić information content (AvgIpc) is 3.12. The van der Waals surface area contributed by atoms with Crippen LogP contribution in [0.3, 0.4) is 0 Å². The molecule has 6 fully saturated rings. The van der Waals surface area contributed by atoms with Gasteiger partial charge in [0, 0.05) is 19.3 Å². The molecule has 0 aromatic heterocycles. The van der Waals surface area contributed by atoms with Gasteiger partial charge in [-0.05, 0) is 91.9 Å². The average molecular weight is 593 g/mol. The minimum atomic E-state index is -1.11. The quantitative estimate of drug-likeness (QED) is 0.301. The summed E-state index contributed by atoms with van der Waals surface area (Å²) >= 11 is 0. The van der Waals surface area contributed by atoms with Gasteiger partial charge in [-0.1, -0.05) is 6.92 Å². The zero-order chi connectivity index (χ0) is 30.8. The van der Waals surface area contributed by atoms with Gasteiger partial charge in [-0.2, -0.15) is 0 Å². The molecule has 6 rings (SSSR count). The fraction of sp³-hybridized carbons (Fsp3) is 0.875. The summed E-state index contributed by atoms with van der Waals surface area (Å²) in [6.07, 6.45) is 4.48. The van der Waals surface area contributed by atoms with E-state index in [1.807, 2.05) is 6.92 Å². The Kier molecular flexibility index (Phi) is 7.78. The maximum absolute atomic E-state index is 14.0. The van der Waals surface area contributed by atoms with Gasteiger partial charge in [-0.25, -0.2) is 0 Å². The lowest BCUT2D eigenvalue weighted by molar-refractivity contribution is -0.259. The van der Waals surface area contributed by atoms with Gasteiger partial charge in [-0.3, -0.25) is 19.2 Å². The Balaban J connectivity index is 1.30. The number of aliphatic hydroxyl groups is 1. The van der Waals surface area contributed by atoms with Crippen molar-refractivity contribution >= 4 is 23.9 Å². The first kappa shape index (κ1) is 31.2. The second-order valence-electron chi connectivity index (χ2n) is 15.4. The van der Waals surface area contributed by atoms with E-state index in [-0.39, 0.29) is 31.1 Å². The summed E-state index contributed by atoms with van der Waals surface area (Å²) in [6, 6.07) is 0. The van der Waals surface area contributed by atoms with Crippen LogP contribution in [0.2, 0.25) is 0 Å². The minimum absolute atomic E-state index is 0.00837. The molecule has 6 aliphatic rings. The summed E-state index contributed by atoms with van der Waals surface area (Å²) in [7, 11) is 0. The van der Waals surface area contributed by atoms with E-state index >= 15 is 0 Å². The van der Waals surface area contributed by atoms with Gasteiger partial charge in [-0.15, -0.1) is 0 Å². The van der Waals surface area contributed by atoms with Crippen molar-refractivity contribution < 1.29 is 48.0 Å². The van der Waals surface area contributed by atoms with Crippen molar-refractivity contribution in [2.24, 2.45) is 22.2 Å². The molecule has 0 spiro atoms. The van der Waals surface area contributed by atoms with Crippen molar-refractivity contribution in [1.82, 2.24) is 0 Å². The van der Waals surface area contributed by atoms with Crippen LogP contribution in [0.5, 0.6) is 0 Å². The van der Waals surface area contributed by atoms with Crippen molar-refractivity contribution in [3.63, 3.8) is 0 Å². The Morgan fingerprint density at radius 3 is 2.33 bits per heavy atom. The van der Waals surface area contributed by atoms with E-state index in [2.05, 4.69) is 0 Å². The number of esters is 4. The van der Waals surface area contributed by atoms with E-state index in [4.69, 9.17) is 23.7 Å². The lowest BCUT2D eigenvalue weighted by Crippen LogP contribution is -2.67. The molecule has 4 aliphatic carbocycles. The highest BCUT2D eigenvalue weighted by Gasteiger charge is 2.68. The summed E-state index contributed by atoms with van der Waals surface area (Å²) in [6.45, 7) is 11.1. The van der Waals surface area contributed by atoms with Crippen molar-refractivity contribution in [2.45, 2.75) is 148 Å². The maximum Gasteiger partial charge on any atom is 0.314 e. The van der Waals surface area contributed by atoms with Crippen LogP contribution in [0.1, 0.15) is 119 Å². The topological polar surface area (TPSA) is 135 Å². The van der Waals surface area contributed by atoms with E-state index in [1.54, 1.807) is 34.6 Å². The van der Waals surface area contributed by atoms with Gasteiger partial charge in [0.1, 0.15) is 11.2 Å². The van der Waals surface area contributed by atoms with Crippen molar-refractivity contribution in [1.29, 1.82) is 0 Å². The number of hydrogen-bond acceptors (Lipinski definition) is 10. The molecule has 0 amide bonds. The third kappa shape index (κ3) is 5.82. The van der Waals surface area contributed by atoms with Gasteiger partial charge in [0.25, 0.3) is 0 Å². The second kappa shape index (κ2) is 10.5. The Hall–Kier alpha value is -2.20. The van der Waals surface area contributed by atoms with Crippen LogP contribution in [0, 0.1) is 22.2 Å². The molecule has 4 saturated carbocycles. The number of ether oxygens (including phenoxy) is 5. The zero-order valence-electron chi connectivity index (χ0n) is 26.0. The highest BCUT2D eigenvalue weighted by molar-refractivity contribution is 5.82. The van der Waals surface area contributed by atoms with Crippen molar-refractivity contribution in [3.05, 3.63) is 0 Å². The lowest BCUT2D eigenvalue weighted by atomic mass is 9.46. The van der Waals surface area contributed by atoms with Crippen LogP contribution in [-0.2, 0) is 42.9 Å². The second-order valence-corrected chi connectivity index (χ2v) is 15.4. The predicted octanol–water partition coefficient (Wildman–Crippen LogP) is 4.52. The van der Waals surface area contributed by atoms with Crippen LogP contribution in [0.15, 0.2) is 0 Å². The molecular formula is C32H48O10. The molecule has 236 valence electrons. The van der Waals surface area contributed by atoms with Gasteiger partial charge < -0.3 is 28.8 Å². The van der Waals surface area contributed by atoms with Gasteiger partial charge in [0.15, 0.2) is 6.10 Å². The summed E-state index contributed by atoms with van der Waals surface area (Å²) < 4.78 is 28.9. The number of carbonyl (C=O) groups is 4. The summed E-state index contributed by atoms with van der Waals surface area (Å²) in [5, 5.41) is 11.6. The monoisotopic (exact) mass is 592 g/mol. The molecule has 42 heavy (non-hydrogen) atoms. The molecule has 0 aromatic carbocycles. The fourth-order valence-electron chi connectivity index (χ4n) is 8.67. The highest BCUT2D eigenvalue weighted by atomic mass is 16.7. The van der Waals surface area contributed by atoms with Crippen LogP contribution in [0.25, 0.3) is 0 Å². The van der Waals surface area contributed by atoms with Crippen LogP contribution in [-0.4, -0.2) is 64.8 Å². The van der Waals surface area contributed by atoms with E-state index in [9.17, 15) is 24.3 Å². The molecule has 0 radical (unpaired) electrons. The molecule has 10 heteroatoms. The maximum atomic E-state index is 14.0.